The fourth-order valence-electron chi connectivity index (χ4n) is 3.21. The van der Waals surface area contributed by atoms with Crippen LogP contribution in [-0.4, -0.2) is 50.7 Å². The number of hydrogen-bond donors (Lipinski definition) is 1. The van der Waals surface area contributed by atoms with Gasteiger partial charge in [-0.3, -0.25) is 4.79 Å². The van der Waals surface area contributed by atoms with E-state index < -0.39 is 23.8 Å². The Balaban J connectivity index is 1.79. The summed E-state index contributed by atoms with van der Waals surface area (Å²) >= 11 is 0. The smallest absolute Gasteiger partial charge is 0.342 e. The zero-order valence-corrected chi connectivity index (χ0v) is 17.3. The highest BCUT2D eigenvalue weighted by Crippen LogP contribution is 2.21. The number of aryl methyl sites for hydroxylation is 1. The summed E-state index contributed by atoms with van der Waals surface area (Å²) in [6, 6.07) is 5.35. The fourth-order valence-corrected chi connectivity index (χ4v) is 3.21. The van der Waals surface area contributed by atoms with Gasteiger partial charge in [-0.05, 0) is 45.4 Å². The van der Waals surface area contributed by atoms with E-state index in [1.165, 1.54) is 24.9 Å². The second-order valence-electron chi connectivity index (χ2n) is 6.77. The van der Waals surface area contributed by atoms with Crippen LogP contribution in [0.25, 0.3) is 5.82 Å². The van der Waals surface area contributed by atoms with Crippen LogP contribution in [0.2, 0.25) is 0 Å². The Morgan fingerprint density at radius 2 is 1.87 bits per heavy atom. The third-order valence-electron chi connectivity index (χ3n) is 4.82. The first-order valence-electron chi connectivity index (χ1n) is 9.25. The molecule has 3 heterocycles. The number of Topliss-reactive ketones (excluding diaryl/α,β-unsaturated/α-hetero) is 1. The van der Waals surface area contributed by atoms with Gasteiger partial charge in [-0.1, -0.05) is 6.07 Å². The van der Waals surface area contributed by atoms with Crippen LogP contribution in [0.5, 0.6) is 0 Å². The summed E-state index contributed by atoms with van der Waals surface area (Å²) in [7, 11) is 1.27. The number of esters is 2. The van der Waals surface area contributed by atoms with Crippen molar-refractivity contribution in [2.45, 2.75) is 33.8 Å². The zero-order valence-electron chi connectivity index (χ0n) is 17.3. The molecular weight excluding hydrogens is 388 g/mol. The van der Waals surface area contributed by atoms with E-state index in [-0.39, 0.29) is 11.3 Å². The van der Waals surface area contributed by atoms with Crippen molar-refractivity contribution in [2.24, 2.45) is 0 Å². The monoisotopic (exact) mass is 410 g/mol. The zero-order chi connectivity index (χ0) is 22.0. The third kappa shape index (κ3) is 3.73. The SMILES string of the molecule is COC(=O)c1c(C)[nH]c(C(=O)C(C)OC(=O)c2cnn(-c3ccccn3)c2C)c1C. The van der Waals surface area contributed by atoms with Crippen LogP contribution in [-0.2, 0) is 9.47 Å². The number of nitrogens with one attached hydrogen (secondary N) is 1. The molecule has 0 fully saturated rings. The van der Waals surface area contributed by atoms with Gasteiger partial charge >= 0.3 is 11.9 Å². The topological polar surface area (TPSA) is 116 Å². The second kappa shape index (κ2) is 8.32. The lowest BCUT2D eigenvalue weighted by Gasteiger charge is -2.12. The van der Waals surface area contributed by atoms with Crippen LogP contribution in [0.4, 0.5) is 0 Å². The summed E-state index contributed by atoms with van der Waals surface area (Å²) in [6.07, 6.45) is 1.93. The molecule has 0 radical (unpaired) electrons. The van der Waals surface area contributed by atoms with E-state index in [1.807, 2.05) is 6.07 Å². The predicted molar refractivity (Wildman–Crippen MR) is 107 cm³/mol. The molecule has 9 nitrogen and oxygen atoms in total. The number of hydrogen-bond acceptors (Lipinski definition) is 7. The Morgan fingerprint density at radius 3 is 2.50 bits per heavy atom. The number of carbonyl (C=O) groups is 3. The van der Waals surface area contributed by atoms with E-state index in [1.54, 1.807) is 39.1 Å². The Hall–Kier alpha value is -3.75. The Kier molecular flexibility index (Phi) is 5.81. The molecule has 0 saturated carbocycles. The van der Waals surface area contributed by atoms with Gasteiger partial charge in [-0.25, -0.2) is 19.3 Å². The number of carbonyl (C=O) groups excluding carboxylic acids is 3. The highest BCUT2D eigenvalue weighted by molar-refractivity contribution is 6.04. The normalized spacial score (nSPS) is 11.8. The maximum atomic E-state index is 12.8. The van der Waals surface area contributed by atoms with Crippen molar-refractivity contribution in [3.05, 3.63) is 64.4 Å². The van der Waals surface area contributed by atoms with Crippen molar-refractivity contribution in [1.82, 2.24) is 19.7 Å². The standard InChI is InChI=1S/C21H22N4O5/c1-11-17(21(28)29-5)12(2)24-18(11)19(26)14(4)30-20(27)15-10-23-25(13(15)3)16-8-6-7-9-22-16/h6-10,14,24H,1-5H3. The molecule has 1 N–H and O–H groups in total. The van der Waals surface area contributed by atoms with Crippen molar-refractivity contribution in [3.63, 3.8) is 0 Å². The van der Waals surface area contributed by atoms with Crippen molar-refractivity contribution in [2.75, 3.05) is 7.11 Å². The molecule has 1 atom stereocenters. The lowest BCUT2D eigenvalue weighted by atomic mass is 10.1. The second-order valence-corrected chi connectivity index (χ2v) is 6.77. The molecule has 0 saturated heterocycles. The fraction of sp³-hybridized carbons (Fsp3) is 0.286. The Labute approximate surface area is 173 Å². The molecule has 0 spiro atoms. The molecule has 3 aromatic heterocycles. The van der Waals surface area contributed by atoms with E-state index in [2.05, 4.69) is 15.1 Å². The quantitative estimate of drug-likeness (QED) is 0.490. The largest absolute Gasteiger partial charge is 0.465 e. The lowest BCUT2D eigenvalue weighted by molar-refractivity contribution is 0.0316. The number of aromatic amines is 1. The number of H-pyrrole nitrogens is 1. The van der Waals surface area contributed by atoms with Gasteiger partial charge in [0.2, 0.25) is 5.78 Å². The molecule has 0 aliphatic heterocycles. The molecule has 3 rings (SSSR count). The van der Waals surface area contributed by atoms with Gasteiger partial charge in [0.25, 0.3) is 0 Å². The molecule has 3 aromatic rings. The number of nitrogens with zero attached hydrogens (tertiary/aromatic N) is 3. The summed E-state index contributed by atoms with van der Waals surface area (Å²) in [5, 5.41) is 4.19. The van der Waals surface area contributed by atoms with Crippen LogP contribution in [0.3, 0.4) is 0 Å². The minimum absolute atomic E-state index is 0.203. The minimum Gasteiger partial charge on any atom is -0.465 e. The number of ether oxygens (including phenoxy) is 2. The van der Waals surface area contributed by atoms with Gasteiger partial charge in [0.05, 0.1) is 30.3 Å². The number of rotatable bonds is 6. The van der Waals surface area contributed by atoms with Gasteiger partial charge in [0.1, 0.15) is 5.56 Å². The molecule has 0 aliphatic carbocycles. The van der Waals surface area contributed by atoms with Crippen LogP contribution < -0.4 is 0 Å². The highest BCUT2D eigenvalue weighted by Gasteiger charge is 2.28. The number of aromatic nitrogens is 4. The Morgan fingerprint density at radius 1 is 1.13 bits per heavy atom. The van der Waals surface area contributed by atoms with E-state index in [9.17, 15) is 14.4 Å². The maximum absolute atomic E-state index is 12.8. The first kappa shape index (κ1) is 21.0. The lowest BCUT2D eigenvalue weighted by Crippen LogP contribution is -2.25. The van der Waals surface area contributed by atoms with Crippen molar-refractivity contribution >= 4 is 17.7 Å². The van der Waals surface area contributed by atoms with E-state index in [0.29, 0.717) is 28.3 Å². The molecular formula is C21H22N4O5. The number of pyridine rings is 1. The van der Waals surface area contributed by atoms with Crippen molar-refractivity contribution in [1.29, 1.82) is 0 Å². The van der Waals surface area contributed by atoms with Gasteiger partial charge in [0, 0.05) is 11.9 Å². The van der Waals surface area contributed by atoms with Gasteiger partial charge in [-0.15, -0.1) is 0 Å². The molecule has 30 heavy (non-hydrogen) atoms. The van der Waals surface area contributed by atoms with Crippen LogP contribution >= 0.6 is 0 Å². The summed E-state index contributed by atoms with van der Waals surface area (Å²) in [5.74, 6) is -1.10. The molecule has 0 aromatic carbocycles. The van der Waals surface area contributed by atoms with Crippen LogP contribution in [0.15, 0.2) is 30.6 Å². The van der Waals surface area contributed by atoms with Crippen LogP contribution in [0, 0.1) is 20.8 Å². The summed E-state index contributed by atoms with van der Waals surface area (Å²) in [4.78, 5) is 44.5. The number of methoxy groups -OCH3 is 1. The highest BCUT2D eigenvalue weighted by atomic mass is 16.5. The minimum atomic E-state index is -1.07. The van der Waals surface area contributed by atoms with E-state index >= 15 is 0 Å². The molecule has 0 amide bonds. The third-order valence-corrected chi connectivity index (χ3v) is 4.82. The molecule has 0 bridgehead atoms. The van der Waals surface area contributed by atoms with Gasteiger partial charge in [0.15, 0.2) is 11.9 Å². The van der Waals surface area contributed by atoms with E-state index in [0.717, 1.165) is 0 Å². The van der Waals surface area contributed by atoms with Crippen LogP contribution in [0.1, 0.15) is 55.1 Å². The Bertz CT molecular complexity index is 1110. The maximum Gasteiger partial charge on any atom is 0.342 e. The average Bonchev–Trinajstić information content (AvgIpc) is 3.26. The first-order chi connectivity index (χ1) is 14.3. The van der Waals surface area contributed by atoms with Crippen molar-refractivity contribution < 1.29 is 23.9 Å². The molecule has 1 unspecified atom stereocenters. The average molecular weight is 410 g/mol. The van der Waals surface area contributed by atoms with Gasteiger partial charge < -0.3 is 14.5 Å². The van der Waals surface area contributed by atoms with E-state index in [4.69, 9.17) is 9.47 Å². The molecule has 9 heteroatoms. The summed E-state index contributed by atoms with van der Waals surface area (Å²) < 4.78 is 11.6. The summed E-state index contributed by atoms with van der Waals surface area (Å²) in [6.45, 7) is 6.50. The van der Waals surface area contributed by atoms with Gasteiger partial charge in [-0.2, -0.15) is 5.10 Å². The molecule has 0 aliphatic rings. The first-order valence-corrected chi connectivity index (χ1v) is 9.25. The van der Waals surface area contributed by atoms with Crippen molar-refractivity contribution in [3.8, 4) is 5.82 Å². The molecule has 156 valence electrons. The number of ketones is 1. The predicted octanol–water partition coefficient (Wildman–Crippen LogP) is 2.74. The summed E-state index contributed by atoms with van der Waals surface area (Å²) in [5.41, 5.74) is 2.23.